The number of nitro benzene ring substituents is 1. The first-order chi connectivity index (χ1) is 8.15. The fraction of sp³-hybridized carbons (Fsp3) is 0. The summed E-state index contributed by atoms with van der Waals surface area (Å²) in [5.74, 6) is -0.330. The lowest BCUT2D eigenvalue weighted by Crippen LogP contribution is -1.86. The Hall–Kier alpha value is -2.01. The van der Waals surface area contributed by atoms with Gasteiger partial charge in [0.2, 0.25) is 0 Å². The van der Waals surface area contributed by atoms with Crippen molar-refractivity contribution in [1.82, 2.24) is 0 Å². The van der Waals surface area contributed by atoms with Crippen LogP contribution in [0.2, 0.25) is 0 Å². The molecule has 0 amide bonds. The summed E-state index contributed by atoms with van der Waals surface area (Å²) < 4.78 is 15.0. The smallest absolute Gasteiger partial charge is 0.258 e. The van der Waals surface area contributed by atoms with Crippen LogP contribution in [-0.2, 0) is 0 Å². The predicted molar refractivity (Wildman–Crippen MR) is 65.9 cm³/mol. The standard InChI is InChI=1S/C12H6FNO2S/c13-7-1-3-11-9(5-7)10-6-8(14(15)16)2-4-12(10)17-11/h1-6H. The first-order valence-electron chi connectivity index (χ1n) is 4.91. The van der Waals surface area contributed by atoms with E-state index in [4.69, 9.17) is 0 Å². The normalized spacial score (nSPS) is 11.1. The van der Waals surface area contributed by atoms with E-state index in [1.165, 1.54) is 35.6 Å². The number of nitrogens with zero attached hydrogens (tertiary/aromatic N) is 1. The zero-order chi connectivity index (χ0) is 12.0. The van der Waals surface area contributed by atoms with E-state index in [1.807, 2.05) is 0 Å². The maximum absolute atomic E-state index is 13.2. The highest BCUT2D eigenvalue weighted by Gasteiger charge is 2.11. The maximum Gasteiger partial charge on any atom is 0.270 e. The number of thiophene rings is 1. The zero-order valence-corrected chi connectivity index (χ0v) is 9.33. The molecular weight excluding hydrogens is 241 g/mol. The van der Waals surface area contributed by atoms with Crippen LogP contribution in [0.15, 0.2) is 36.4 Å². The van der Waals surface area contributed by atoms with Crippen LogP contribution in [0.1, 0.15) is 0 Å². The first kappa shape index (κ1) is 10.2. The van der Waals surface area contributed by atoms with Gasteiger partial charge in [-0.2, -0.15) is 0 Å². The predicted octanol–water partition coefficient (Wildman–Crippen LogP) is 4.10. The zero-order valence-electron chi connectivity index (χ0n) is 8.51. The van der Waals surface area contributed by atoms with Gasteiger partial charge in [0.05, 0.1) is 4.92 Å². The second-order valence-electron chi connectivity index (χ2n) is 3.68. The Labute approximate surface area is 99.3 Å². The molecule has 0 unspecified atom stereocenters. The van der Waals surface area contributed by atoms with E-state index in [0.717, 1.165) is 20.2 Å². The topological polar surface area (TPSA) is 43.1 Å². The van der Waals surface area contributed by atoms with Gasteiger partial charge in [0.15, 0.2) is 0 Å². The molecule has 17 heavy (non-hydrogen) atoms. The Bertz CT molecular complexity index is 751. The van der Waals surface area contributed by atoms with Crippen LogP contribution in [0.5, 0.6) is 0 Å². The van der Waals surface area contributed by atoms with Gasteiger partial charge >= 0.3 is 0 Å². The lowest BCUT2D eigenvalue weighted by Gasteiger charge is -1.93. The van der Waals surface area contributed by atoms with Gasteiger partial charge in [0.25, 0.3) is 5.69 Å². The van der Waals surface area contributed by atoms with Gasteiger partial charge in [-0.25, -0.2) is 4.39 Å². The molecule has 0 N–H and O–H groups in total. The molecule has 1 aromatic heterocycles. The number of halogens is 1. The molecule has 0 saturated heterocycles. The van der Waals surface area contributed by atoms with Crippen molar-refractivity contribution in [2.75, 3.05) is 0 Å². The third-order valence-corrected chi connectivity index (χ3v) is 3.78. The van der Waals surface area contributed by atoms with Crippen LogP contribution in [0.25, 0.3) is 20.2 Å². The minimum Gasteiger partial charge on any atom is -0.258 e. The number of hydrogen-bond acceptors (Lipinski definition) is 3. The number of nitro groups is 1. The van der Waals surface area contributed by atoms with Gasteiger partial charge in [-0.1, -0.05) is 0 Å². The van der Waals surface area contributed by atoms with Crippen molar-refractivity contribution in [3.05, 3.63) is 52.3 Å². The molecule has 3 rings (SSSR count). The van der Waals surface area contributed by atoms with E-state index in [1.54, 1.807) is 12.1 Å². The largest absolute Gasteiger partial charge is 0.270 e. The third-order valence-electron chi connectivity index (χ3n) is 2.63. The molecule has 0 bridgehead atoms. The van der Waals surface area contributed by atoms with Crippen molar-refractivity contribution in [2.45, 2.75) is 0 Å². The maximum atomic E-state index is 13.2. The van der Waals surface area contributed by atoms with Crippen LogP contribution >= 0.6 is 11.3 Å². The van der Waals surface area contributed by atoms with E-state index in [2.05, 4.69) is 0 Å². The van der Waals surface area contributed by atoms with Crippen LogP contribution < -0.4 is 0 Å². The molecular formula is C12H6FNO2S. The number of hydrogen-bond donors (Lipinski definition) is 0. The Kier molecular flexibility index (Phi) is 2.09. The molecule has 3 nitrogen and oxygen atoms in total. The van der Waals surface area contributed by atoms with E-state index in [0.29, 0.717) is 0 Å². The molecule has 2 aromatic carbocycles. The Morgan fingerprint density at radius 1 is 1.06 bits per heavy atom. The summed E-state index contributed by atoms with van der Waals surface area (Å²) in [4.78, 5) is 10.3. The summed E-state index contributed by atoms with van der Waals surface area (Å²) in [6, 6.07) is 9.17. The fourth-order valence-corrected chi connectivity index (χ4v) is 2.92. The molecule has 0 aliphatic rings. The summed E-state index contributed by atoms with van der Waals surface area (Å²) in [5, 5.41) is 12.2. The van der Waals surface area contributed by atoms with Gasteiger partial charge in [-0.05, 0) is 24.3 Å². The second-order valence-corrected chi connectivity index (χ2v) is 4.76. The van der Waals surface area contributed by atoms with Crippen molar-refractivity contribution in [2.24, 2.45) is 0 Å². The lowest BCUT2D eigenvalue weighted by molar-refractivity contribution is -0.384. The average Bonchev–Trinajstić information content (AvgIpc) is 2.66. The Morgan fingerprint density at radius 2 is 1.71 bits per heavy atom. The average molecular weight is 247 g/mol. The van der Waals surface area contributed by atoms with Crippen molar-refractivity contribution >= 4 is 37.2 Å². The molecule has 0 aliphatic heterocycles. The van der Waals surface area contributed by atoms with Crippen LogP contribution in [0.4, 0.5) is 10.1 Å². The molecule has 84 valence electrons. The molecule has 1 heterocycles. The molecule has 0 fully saturated rings. The van der Waals surface area contributed by atoms with Crippen LogP contribution in [-0.4, -0.2) is 4.92 Å². The minimum atomic E-state index is -0.442. The summed E-state index contributed by atoms with van der Waals surface area (Å²) in [6.45, 7) is 0. The van der Waals surface area contributed by atoms with Crippen molar-refractivity contribution in [3.63, 3.8) is 0 Å². The highest BCUT2D eigenvalue weighted by atomic mass is 32.1. The highest BCUT2D eigenvalue weighted by Crippen LogP contribution is 2.35. The van der Waals surface area contributed by atoms with Gasteiger partial charge in [-0.3, -0.25) is 10.1 Å². The molecule has 5 heteroatoms. The van der Waals surface area contributed by atoms with Gasteiger partial charge in [0.1, 0.15) is 5.82 Å². The summed E-state index contributed by atoms with van der Waals surface area (Å²) in [6.07, 6.45) is 0. The van der Waals surface area contributed by atoms with Crippen molar-refractivity contribution < 1.29 is 9.31 Å². The fourth-order valence-electron chi connectivity index (χ4n) is 1.85. The van der Waals surface area contributed by atoms with Crippen molar-refractivity contribution in [1.29, 1.82) is 0 Å². The monoisotopic (exact) mass is 247 g/mol. The molecule has 0 atom stereocenters. The van der Waals surface area contributed by atoms with Crippen LogP contribution in [0.3, 0.4) is 0 Å². The number of rotatable bonds is 1. The number of benzene rings is 2. The Morgan fingerprint density at radius 3 is 2.41 bits per heavy atom. The molecule has 3 aromatic rings. The lowest BCUT2D eigenvalue weighted by atomic mass is 10.1. The highest BCUT2D eigenvalue weighted by molar-refractivity contribution is 7.25. The van der Waals surface area contributed by atoms with E-state index in [-0.39, 0.29) is 11.5 Å². The first-order valence-corrected chi connectivity index (χ1v) is 5.73. The van der Waals surface area contributed by atoms with Crippen LogP contribution in [0, 0.1) is 15.9 Å². The molecule has 0 aliphatic carbocycles. The van der Waals surface area contributed by atoms with E-state index in [9.17, 15) is 14.5 Å². The summed E-state index contributed by atoms with van der Waals surface area (Å²) in [7, 11) is 0. The van der Waals surface area contributed by atoms with E-state index >= 15 is 0 Å². The molecule has 0 spiro atoms. The quantitative estimate of drug-likeness (QED) is 0.480. The van der Waals surface area contributed by atoms with Gasteiger partial charge < -0.3 is 0 Å². The Balaban J connectivity index is 2.43. The summed E-state index contributed by atoms with van der Waals surface area (Å²) in [5.41, 5.74) is 0.0291. The summed E-state index contributed by atoms with van der Waals surface area (Å²) >= 11 is 1.50. The van der Waals surface area contributed by atoms with Crippen molar-refractivity contribution in [3.8, 4) is 0 Å². The second kappa shape index (κ2) is 3.49. The minimum absolute atomic E-state index is 0.0291. The number of fused-ring (bicyclic) bond motifs is 3. The number of non-ortho nitro benzene ring substituents is 1. The van der Waals surface area contributed by atoms with E-state index < -0.39 is 4.92 Å². The van der Waals surface area contributed by atoms with Gasteiger partial charge in [-0.15, -0.1) is 11.3 Å². The molecule has 0 saturated carbocycles. The SMILES string of the molecule is O=[N+]([O-])c1ccc2sc3ccc(F)cc3c2c1. The molecule has 0 radical (unpaired) electrons. The van der Waals surface area contributed by atoms with Gasteiger partial charge in [0, 0.05) is 32.3 Å². The third kappa shape index (κ3) is 1.55.